The van der Waals surface area contributed by atoms with Gasteiger partial charge in [-0.15, -0.1) is 0 Å². The van der Waals surface area contributed by atoms with Crippen molar-refractivity contribution < 1.29 is 59.5 Å². The Morgan fingerprint density at radius 1 is 1.19 bits per heavy atom. The number of carboxylic acid groups (broad SMARTS) is 1. The van der Waals surface area contributed by atoms with Gasteiger partial charge in [-0.3, -0.25) is 0 Å². The molecule has 0 bridgehead atoms. The van der Waals surface area contributed by atoms with Crippen LogP contribution < -0.4 is 0 Å². The van der Waals surface area contributed by atoms with E-state index >= 15 is 0 Å². The maximum absolute atomic E-state index is 11.2. The smallest absolute Gasteiger partial charge is 0.352 e. The molecule has 10 atom stereocenters. The topological polar surface area (TPSA) is 208 Å². The second kappa shape index (κ2) is 7.20. The number of carbonyl (C=O) groups is 1. The highest BCUT2D eigenvalue weighted by Crippen LogP contribution is 2.38. The highest BCUT2D eigenvalue weighted by molar-refractivity contribution is 5.75. The minimum absolute atomic E-state index is 0.00845. The van der Waals surface area contributed by atoms with Crippen molar-refractivity contribution in [3.05, 3.63) is 0 Å². The predicted octanol–water partition coefficient (Wildman–Crippen LogP) is -4.52. The standard InChI is InChI=1S/C14H21NO12/c1-3-15-11-9(5(17)4(2-16)27-14(11,23)26-3)24-13-8(20)6(18)7(19)10(25-13)12(21)22/h4-11,13,16-20,23H,2H2,1H3,(H,21,22)/t4-,5-,6+,7+,8-,9+,10+,11-,13-,14-/m1/s1. The van der Waals surface area contributed by atoms with Gasteiger partial charge < -0.3 is 54.7 Å². The Hall–Kier alpha value is -1.42. The molecule has 0 aromatic carbocycles. The number of hydrogen-bond donors (Lipinski definition) is 7. The van der Waals surface area contributed by atoms with Gasteiger partial charge in [0.15, 0.2) is 24.3 Å². The Bertz CT molecular complexity index is 615. The summed E-state index contributed by atoms with van der Waals surface area (Å²) in [5, 5.41) is 68.9. The van der Waals surface area contributed by atoms with Crippen molar-refractivity contribution in [2.24, 2.45) is 4.99 Å². The molecule has 0 amide bonds. The van der Waals surface area contributed by atoms with E-state index in [1.807, 2.05) is 0 Å². The van der Waals surface area contributed by atoms with Crippen LogP contribution in [0.2, 0.25) is 0 Å². The summed E-state index contributed by atoms with van der Waals surface area (Å²) in [6, 6.07) is -1.36. The molecular weight excluding hydrogens is 374 g/mol. The molecule has 0 spiro atoms. The Morgan fingerprint density at radius 2 is 1.85 bits per heavy atom. The highest BCUT2D eigenvalue weighted by atomic mass is 16.8. The minimum atomic E-state index is -2.37. The molecule has 0 aromatic rings. The van der Waals surface area contributed by atoms with Gasteiger partial charge >= 0.3 is 11.9 Å². The molecule has 0 aliphatic carbocycles. The maximum Gasteiger partial charge on any atom is 0.352 e. The number of carboxylic acids is 1. The van der Waals surface area contributed by atoms with Crippen molar-refractivity contribution in [1.29, 1.82) is 0 Å². The number of aliphatic imine (C=N–C) groups is 1. The van der Waals surface area contributed by atoms with Crippen molar-refractivity contribution >= 4 is 11.9 Å². The number of aliphatic hydroxyl groups is 6. The van der Waals surface area contributed by atoms with Gasteiger partial charge in [-0.05, 0) is 0 Å². The summed E-state index contributed by atoms with van der Waals surface area (Å²) >= 11 is 0. The van der Waals surface area contributed by atoms with E-state index in [-0.39, 0.29) is 5.90 Å². The van der Waals surface area contributed by atoms with Gasteiger partial charge in [0, 0.05) is 6.92 Å². The quantitative estimate of drug-likeness (QED) is 0.240. The molecule has 3 aliphatic heterocycles. The van der Waals surface area contributed by atoms with Gasteiger partial charge in [0.05, 0.1) is 6.61 Å². The molecule has 0 radical (unpaired) electrons. The van der Waals surface area contributed by atoms with Crippen LogP contribution in [0, 0.1) is 0 Å². The summed E-state index contributed by atoms with van der Waals surface area (Å²) in [5.41, 5.74) is 0. The molecule has 27 heavy (non-hydrogen) atoms. The fraction of sp³-hybridized carbons (Fsp3) is 0.857. The normalized spacial score (nSPS) is 49.9. The zero-order valence-corrected chi connectivity index (χ0v) is 14.0. The van der Waals surface area contributed by atoms with E-state index in [1.165, 1.54) is 6.92 Å². The molecule has 0 saturated carbocycles. The third kappa shape index (κ3) is 3.41. The molecule has 2 saturated heterocycles. The Balaban J connectivity index is 1.86. The molecule has 0 aromatic heterocycles. The zero-order valence-electron chi connectivity index (χ0n) is 14.0. The Labute approximate surface area is 152 Å². The van der Waals surface area contributed by atoms with Crippen molar-refractivity contribution in [3.8, 4) is 0 Å². The number of ether oxygens (including phenoxy) is 4. The van der Waals surface area contributed by atoms with Gasteiger partial charge in [-0.2, -0.15) is 0 Å². The van der Waals surface area contributed by atoms with Crippen LogP contribution in [0.5, 0.6) is 0 Å². The van der Waals surface area contributed by atoms with Crippen LogP contribution in [-0.2, 0) is 23.7 Å². The lowest BCUT2D eigenvalue weighted by atomic mass is 9.95. The van der Waals surface area contributed by atoms with Gasteiger partial charge in [0.1, 0.15) is 36.6 Å². The van der Waals surface area contributed by atoms with Crippen molar-refractivity contribution in [1.82, 2.24) is 0 Å². The fourth-order valence-electron chi connectivity index (χ4n) is 3.26. The van der Waals surface area contributed by atoms with Gasteiger partial charge in [0.25, 0.3) is 0 Å². The summed E-state index contributed by atoms with van der Waals surface area (Å²) < 4.78 is 20.6. The second-order valence-corrected chi connectivity index (χ2v) is 6.49. The SMILES string of the molecule is CC1=N[C@@H]2[C@@H](O[C@@H]3O[C@H](C(=O)O)[C@@H](O)[C@H](O)[C@H]3O)[C@H](O)[C@@H](CO)O[C@]2(O)O1. The summed E-state index contributed by atoms with van der Waals surface area (Å²) in [5.74, 6) is -3.99. The van der Waals surface area contributed by atoms with Gasteiger partial charge in [-0.25, -0.2) is 9.79 Å². The average molecular weight is 395 g/mol. The van der Waals surface area contributed by atoms with Crippen molar-refractivity contribution in [2.45, 2.75) is 68.0 Å². The number of fused-ring (bicyclic) bond motifs is 1. The van der Waals surface area contributed by atoms with E-state index in [1.54, 1.807) is 0 Å². The Morgan fingerprint density at radius 3 is 2.44 bits per heavy atom. The van der Waals surface area contributed by atoms with E-state index in [0.717, 1.165) is 0 Å². The van der Waals surface area contributed by atoms with E-state index in [9.17, 15) is 35.4 Å². The number of aliphatic carboxylic acids is 1. The van der Waals surface area contributed by atoms with Crippen LogP contribution >= 0.6 is 0 Å². The first-order chi connectivity index (χ1) is 12.6. The largest absolute Gasteiger partial charge is 0.479 e. The van der Waals surface area contributed by atoms with Gasteiger partial charge in [0.2, 0.25) is 0 Å². The van der Waals surface area contributed by atoms with Crippen molar-refractivity contribution in [2.75, 3.05) is 6.61 Å². The lowest BCUT2D eigenvalue weighted by Crippen LogP contribution is -2.67. The lowest BCUT2D eigenvalue weighted by molar-refractivity contribution is -0.406. The van der Waals surface area contributed by atoms with Crippen LogP contribution in [0.15, 0.2) is 4.99 Å². The molecule has 3 aliphatic rings. The molecule has 3 rings (SSSR count). The van der Waals surface area contributed by atoms with Gasteiger partial charge in [-0.1, -0.05) is 0 Å². The van der Waals surface area contributed by atoms with Crippen LogP contribution in [0.4, 0.5) is 0 Å². The van der Waals surface area contributed by atoms with E-state index in [0.29, 0.717) is 0 Å². The molecule has 2 fully saturated rings. The number of aliphatic hydroxyl groups excluding tert-OH is 5. The number of rotatable bonds is 4. The summed E-state index contributed by atoms with van der Waals surface area (Å²) in [6.07, 6.45) is -13.8. The molecule has 3 heterocycles. The third-order valence-corrected chi connectivity index (χ3v) is 4.62. The third-order valence-electron chi connectivity index (χ3n) is 4.62. The highest BCUT2D eigenvalue weighted by Gasteiger charge is 2.61. The first-order valence-electron chi connectivity index (χ1n) is 8.09. The molecule has 13 nitrogen and oxygen atoms in total. The average Bonchev–Trinajstić information content (AvgIpc) is 2.91. The van der Waals surface area contributed by atoms with Crippen LogP contribution in [-0.4, -0.2) is 115 Å². The predicted molar refractivity (Wildman–Crippen MR) is 80.1 cm³/mol. The second-order valence-electron chi connectivity index (χ2n) is 6.49. The number of hydrogen-bond acceptors (Lipinski definition) is 12. The first kappa shape index (κ1) is 20.3. The van der Waals surface area contributed by atoms with Crippen LogP contribution in [0.1, 0.15) is 6.92 Å². The summed E-state index contributed by atoms with van der Waals surface area (Å²) in [7, 11) is 0. The molecule has 0 unspecified atom stereocenters. The van der Waals surface area contributed by atoms with E-state index in [2.05, 4.69) is 4.99 Å². The molecule has 154 valence electrons. The van der Waals surface area contributed by atoms with Crippen molar-refractivity contribution in [3.63, 3.8) is 0 Å². The molecule has 7 N–H and O–H groups in total. The minimum Gasteiger partial charge on any atom is -0.479 e. The molecular formula is C14H21NO12. The zero-order chi connectivity index (χ0) is 20.1. The lowest BCUT2D eigenvalue weighted by Gasteiger charge is -2.46. The van der Waals surface area contributed by atoms with Crippen LogP contribution in [0.25, 0.3) is 0 Å². The molecule has 13 heteroatoms. The first-order valence-corrected chi connectivity index (χ1v) is 8.09. The fourth-order valence-corrected chi connectivity index (χ4v) is 3.26. The summed E-state index contributed by atoms with van der Waals surface area (Å²) in [6.45, 7) is 0.662. The maximum atomic E-state index is 11.2. The summed E-state index contributed by atoms with van der Waals surface area (Å²) in [4.78, 5) is 15.1. The van der Waals surface area contributed by atoms with E-state index < -0.39 is 73.6 Å². The monoisotopic (exact) mass is 395 g/mol. The Kier molecular flexibility index (Phi) is 5.42. The van der Waals surface area contributed by atoms with E-state index in [4.69, 9.17) is 24.1 Å². The number of nitrogens with zero attached hydrogens (tertiary/aromatic N) is 1. The van der Waals surface area contributed by atoms with Crippen LogP contribution in [0.3, 0.4) is 0 Å².